The first-order chi connectivity index (χ1) is 10.3. The molecule has 2 aromatic heterocycles. The number of hydrogen-bond donors (Lipinski definition) is 1. The zero-order valence-corrected chi connectivity index (χ0v) is 12.8. The Morgan fingerprint density at radius 2 is 2.14 bits per heavy atom. The first-order valence-corrected chi connectivity index (χ1v) is 8.32. The van der Waals surface area contributed by atoms with Gasteiger partial charge in [0, 0.05) is 11.4 Å². The normalized spacial score (nSPS) is 17.5. The zero-order valence-electron chi connectivity index (χ0n) is 12.0. The van der Waals surface area contributed by atoms with Crippen LogP contribution in [0.2, 0.25) is 0 Å². The fraction of sp³-hybridized carbons (Fsp3) is 0.438. The summed E-state index contributed by atoms with van der Waals surface area (Å²) < 4.78 is 5.14. The molecule has 1 fully saturated rings. The molecule has 1 amide bonds. The molecular formula is C16H20N2O2S. The summed E-state index contributed by atoms with van der Waals surface area (Å²) in [4.78, 5) is 15.8. The Balaban J connectivity index is 1.66. The predicted molar refractivity (Wildman–Crippen MR) is 83.5 cm³/mol. The van der Waals surface area contributed by atoms with Gasteiger partial charge in [0.05, 0.1) is 12.3 Å². The van der Waals surface area contributed by atoms with Crippen LogP contribution in [0.4, 0.5) is 0 Å². The second-order valence-corrected chi connectivity index (χ2v) is 6.29. The molecule has 1 N–H and O–H groups in total. The van der Waals surface area contributed by atoms with Gasteiger partial charge in [0.2, 0.25) is 0 Å². The second kappa shape index (κ2) is 6.91. The smallest absolute Gasteiger partial charge is 0.287 e. The van der Waals surface area contributed by atoms with Crippen LogP contribution in [0.25, 0.3) is 0 Å². The maximum atomic E-state index is 12.0. The number of hydrogen-bond acceptors (Lipinski definition) is 4. The number of furan rings is 1. The van der Waals surface area contributed by atoms with Crippen LogP contribution in [0.5, 0.6) is 0 Å². The van der Waals surface area contributed by atoms with Gasteiger partial charge in [0.1, 0.15) is 0 Å². The number of nitrogens with zero attached hydrogens (tertiary/aromatic N) is 1. The SMILES string of the molecule is O=C(NC[C@@H](c1cccs1)N1CCCCC1)c1ccco1. The van der Waals surface area contributed by atoms with Crippen molar-refractivity contribution in [3.63, 3.8) is 0 Å². The molecule has 1 aliphatic heterocycles. The van der Waals surface area contributed by atoms with Crippen LogP contribution < -0.4 is 5.32 Å². The molecule has 0 spiro atoms. The number of amides is 1. The number of likely N-dealkylation sites (tertiary alicyclic amines) is 1. The monoisotopic (exact) mass is 304 g/mol. The third-order valence-electron chi connectivity index (χ3n) is 3.90. The minimum absolute atomic E-state index is 0.140. The van der Waals surface area contributed by atoms with Crippen molar-refractivity contribution in [1.82, 2.24) is 10.2 Å². The first kappa shape index (κ1) is 14.4. The molecule has 21 heavy (non-hydrogen) atoms. The van der Waals surface area contributed by atoms with Crippen molar-refractivity contribution in [1.29, 1.82) is 0 Å². The Kier molecular flexibility index (Phi) is 4.72. The van der Waals surface area contributed by atoms with E-state index in [-0.39, 0.29) is 11.9 Å². The molecule has 2 aromatic rings. The van der Waals surface area contributed by atoms with Crippen molar-refractivity contribution < 1.29 is 9.21 Å². The van der Waals surface area contributed by atoms with Crippen LogP contribution in [0, 0.1) is 0 Å². The number of rotatable bonds is 5. The van der Waals surface area contributed by atoms with Gasteiger partial charge >= 0.3 is 0 Å². The summed E-state index contributed by atoms with van der Waals surface area (Å²) in [5.41, 5.74) is 0. The highest BCUT2D eigenvalue weighted by Crippen LogP contribution is 2.27. The van der Waals surface area contributed by atoms with Gasteiger partial charge in [-0.05, 0) is 49.5 Å². The number of piperidine rings is 1. The summed E-state index contributed by atoms with van der Waals surface area (Å²) in [5, 5.41) is 5.10. The largest absolute Gasteiger partial charge is 0.459 e. The van der Waals surface area contributed by atoms with Crippen molar-refractivity contribution in [3.8, 4) is 0 Å². The quantitative estimate of drug-likeness (QED) is 0.922. The summed E-state index contributed by atoms with van der Waals surface area (Å²) in [6.45, 7) is 2.85. The van der Waals surface area contributed by atoms with Gasteiger partial charge in [-0.25, -0.2) is 0 Å². The zero-order chi connectivity index (χ0) is 14.5. The van der Waals surface area contributed by atoms with Crippen molar-refractivity contribution in [2.45, 2.75) is 25.3 Å². The van der Waals surface area contributed by atoms with E-state index < -0.39 is 0 Å². The van der Waals surface area contributed by atoms with E-state index in [2.05, 4.69) is 27.7 Å². The highest BCUT2D eigenvalue weighted by molar-refractivity contribution is 7.10. The minimum atomic E-state index is -0.140. The van der Waals surface area contributed by atoms with Crippen molar-refractivity contribution in [2.24, 2.45) is 0 Å². The molecular weight excluding hydrogens is 284 g/mol. The van der Waals surface area contributed by atoms with E-state index in [1.54, 1.807) is 23.5 Å². The lowest BCUT2D eigenvalue weighted by Gasteiger charge is -2.34. The molecule has 3 rings (SSSR count). The van der Waals surface area contributed by atoms with E-state index in [1.807, 2.05) is 0 Å². The lowest BCUT2D eigenvalue weighted by molar-refractivity contribution is 0.0898. The number of carbonyl (C=O) groups is 1. The molecule has 0 unspecified atom stereocenters. The van der Waals surface area contributed by atoms with E-state index in [4.69, 9.17) is 4.42 Å². The van der Waals surface area contributed by atoms with Crippen LogP contribution >= 0.6 is 11.3 Å². The van der Waals surface area contributed by atoms with Crippen LogP contribution in [-0.4, -0.2) is 30.4 Å². The third kappa shape index (κ3) is 3.54. The van der Waals surface area contributed by atoms with Gasteiger partial charge in [-0.3, -0.25) is 9.69 Å². The maximum absolute atomic E-state index is 12.0. The summed E-state index contributed by atoms with van der Waals surface area (Å²) >= 11 is 1.76. The van der Waals surface area contributed by atoms with E-state index >= 15 is 0 Å². The lowest BCUT2D eigenvalue weighted by atomic mass is 10.1. The predicted octanol–water partition coefficient (Wildman–Crippen LogP) is 3.30. The summed E-state index contributed by atoms with van der Waals surface area (Å²) in [7, 11) is 0. The lowest BCUT2D eigenvalue weighted by Crippen LogP contribution is -2.40. The highest BCUT2D eigenvalue weighted by Gasteiger charge is 2.24. The fourth-order valence-electron chi connectivity index (χ4n) is 2.80. The Labute approximate surface area is 128 Å². The Morgan fingerprint density at radius 1 is 1.29 bits per heavy atom. The third-order valence-corrected chi connectivity index (χ3v) is 4.88. The van der Waals surface area contributed by atoms with Crippen molar-refractivity contribution in [3.05, 3.63) is 46.5 Å². The molecule has 1 aliphatic rings. The van der Waals surface area contributed by atoms with Crippen LogP contribution in [-0.2, 0) is 0 Å². The van der Waals surface area contributed by atoms with Crippen molar-refractivity contribution in [2.75, 3.05) is 19.6 Å². The minimum Gasteiger partial charge on any atom is -0.459 e. The molecule has 0 radical (unpaired) electrons. The number of carbonyl (C=O) groups excluding carboxylic acids is 1. The van der Waals surface area contributed by atoms with Crippen LogP contribution in [0.1, 0.15) is 40.7 Å². The van der Waals surface area contributed by atoms with Gasteiger partial charge < -0.3 is 9.73 Å². The molecule has 112 valence electrons. The fourth-order valence-corrected chi connectivity index (χ4v) is 3.67. The van der Waals surface area contributed by atoms with E-state index in [0.29, 0.717) is 12.3 Å². The molecule has 3 heterocycles. The molecule has 0 aromatic carbocycles. The summed E-state index contributed by atoms with van der Waals surface area (Å²) in [6.07, 6.45) is 5.32. The van der Waals surface area contributed by atoms with Crippen LogP contribution in [0.3, 0.4) is 0 Å². The van der Waals surface area contributed by atoms with Crippen molar-refractivity contribution >= 4 is 17.2 Å². The highest BCUT2D eigenvalue weighted by atomic mass is 32.1. The second-order valence-electron chi connectivity index (χ2n) is 5.32. The summed E-state index contributed by atoms with van der Waals surface area (Å²) in [6, 6.07) is 7.92. The van der Waals surface area contributed by atoms with Gasteiger partial charge in [-0.15, -0.1) is 11.3 Å². The van der Waals surface area contributed by atoms with Gasteiger partial charge in [-0.1, -0.05) is 12.5 Å². The standard InChI is InChI=1S/C16H20N2O2S/c19-16(14-6-4-10-20-14)17-12-13(15-7-5-11-21-15)18-8-2-1-3-9-18/h4-7,10-11,13H,1-3,8-9,12H2,(H,17,19)/t13-/m0/s1. The molecule has 0 aliphatic carbocycles. The summed E-state index contributed by atoms with van der Waals surface area (Å²) in [5.74, 6) is 0.233. The molecule has 0 bridgehead atoms. The molecule has 5 heteroatoms. The first-order valence-electron chi connectivity index (χ1n) is 7.44. The number of nitrogens with one attached hydrogen (secondary N) is 1. The Morgan fingerprint density at radius 3 is 2.81 bits per heavy atom. The maximum Gasteiger partial charge on any atom is 0.287 e. The number of thiophene rings is 1. The molecule has 4 nitrogen and oxygen atoms in total. The molecule has 0 saturated carbocycles. The molecule has 1 atom stereocenters. The molecule has 1 saturated heterocycles. The van der Waals surface area contributed by atoms with Gasteiger partial charge in [-0.2, -0.15) is 0 Å². The Bertz CT molecular complexity index is 545. The average molecular weight is 304 g/mol. The van der Waals surface area contributed by atoms with E-state index in [1.165, 1.54) is 30.4 Å². The van der Waals surface area contributed by atoms with E-state index in [0.717, 1.165) is 13.1 Å². The Hall–Kier alpha value is -1.59. The van der Waals surface area contributed by atoms with Crippen LogP contribution in [0.15, 0.2) is 40.3 Å². The van der Waals surface area contributed by atoms with Gasteiger partial charge in [0.25, 0.3) is 5.91 Å². The topological polar surface area (TPSA) is 45.5 Å². The average Bonchev–Trinajstić information content (AvgIpc) is 3.22. The van der Waals surface area contributed by atoms with Gasteiger partial charge in [0.15, 0.2) is 5.76 Å². The van der Waals surface area contributed by atoms with E-state index in [9.17, 15) is 4.79 Å².